The van der Waals surface area contributed by atoms with Gasteiger partial charge in [-0.1, -0.05) is 24.6 Å². The molecule has 2 unspecified atom stereocenters. The van der Waals surface area contributed by atoms with Gasteiger partial charge in [0.2, 0.25) is 0 Å². The molecule has 9 heteroatoms. The topological polar surface area (TPSA) is 88.2 Å². The molecule has 0 bridgehead atoms. The van der Waals surface area contributed by atoms with Gasteiger partial charge in [-0.05, 0) is 36.8 Å². The van der Waals surface area contributed by atoms with Crippen molar-refractivity contribution >= 4 is 28.7 Å². The molecule has 1 saturated carbocycles. The van der Waals surface area contributed by atoms with Crippen LogP contribution in [0.25, 0.3) is 0 Å². The Morgan fingerprint density at radius 3 is 2.88 bits per heavy atom. The summed E-state index contributed by atoms with van der Waals surface area (Å²) in [5, 5.41) is 23.6. The predicted octanol–water partition coefficient (Wildman–Crippen LogP) is 3.77. The number of carboxylic acid groups (broad SMARTS) is 1. The maximum atomic E-state index is 14.5. The van der Waals surface area contributed by atoms with E-state index in [-0.39, 0.29) is 34.1 Å². The predicted molar refractivity (Wildman–Crippen MR) is 91.1 cm³/mol. The number of hydrogen-bond acceptors (Lipinski definition) is 5. The van der Waals surface area contributed by atoms with Crippen molar-refractivity contribution in [2.24, 2.45) is 11.8 Å². The van der Waals surface area contributed by atoms with Crippen molar-refractivity contribution in [3.8, 4) is 0 Å². The van der Waals surface area contributed by atoms with Crippen LogP contribution in [0.1, 0.15) is 25.3 Å². The van der Waals surface area contributed by atoms with Gasteiger partial charge in [-0.2, -0.15) is 5.10 Å². The number of carbonyl (C=O) groups is 1. The second-order valence-electron chi connectivity index (χ2n) is 6.24. The third-order valence-electron chi connectivity index (χ3n) is 4.63. The Hall–Kier alpha value is -1.64. The zero-order chi connectivity index (χ0) is 18.2. The molecule has 6 nitrogen and oxygen atoms in total. The summed E-state index contributed by atoms with van der Waals surface area (Å²) in [6, 6.07) is 4.16. The molecule has 25 heavy (non-hydrogen) atoms. The van der Waals surface area contributed by atoms with Gasteiger partial charge in [0.15, 0.2) is 5.16 Å². The van der Waals surface area contributed by atoms with E-state index in [4.69, 9.17) is 16.7 Å². The van der Waals surface area contributed by atoms with Crippen LogP contribution in [0.3, 0.4) is 0 Å². The van der Waals surface area contributed by atoms with Crippen LogP contribution in [-0.4, -0.2) is 30.3 Å². The average molecular weight is 386 g/mol. The Morgan fingerprint density at radius 1 is 1.56 bits per heavy atom. The van der Waals surface area contributed by atoms with Gasteiger partial charge in [0.1, 0.15) is 17.7 Å². The quantitative estimate of drug-likeness (QED) is 0.736. The molecule has 1 heterocycles. The second kappa shape index (κ2) is 6.93. The Labute approximate surface area is 153 Å². The van der Waals surface area contributed by atoms with E-state index < -0.39 is 16.7 Å². The van der Waals surface area contributed by atoms with Crippen LogP contribution in [-0.2, 0) is 12.1 Å². The van der Waals surface area contributed by atoms with E-state index in [1.54, 1.807) is 0 Å². The maximum absolute atomic E-state index is 14.5. The summed E-state index contributed by atoms with van der Waals surface area (Å²) in [4.78, 5) is 14.8. The van der Waals surface area contributed by atoms with Crippen LogP contribution < -0.4 is 0 Å². The number of thioether (sulfide) groups is 1. The van der Waals surface area contributed by atoms with E-state index in [2.05, 4.69) is 10.1 Å². The lowest BCUT2D eigenvalue weighted by molar-refractivity contribution is -0.0489. The third-order valence-corrected chi connectivity index (χ3v) is 5.54. The minimum Gasteiger partial charge on any atom is -0.473 e. The van der Waals surface area contributed by atoms with E-state index in [1.165, 1.54) is 23.1 Å². The van der Waals surface area contributed by atoms with Gasteiger partial charge in [0.25, 0.3) is 0 Å². The Bertz CT molecular complexity index is 799. The highest BCUT2D eigenvalue weighted by Gasteiger charge is 2.46. The largest absolute Gasteiger partial charge is 0.473 e. The molecule has 2 atom stereocenters. The monoisotopic (exact) mass is 385 g/mol. The highest BCUT2D eigenvalue weighted by molar-refractivity contribution is 8.13. The third kappa shape index (κ3) is 3.80. The number of rotatable bonds is 6. The van der Waals surface area contributed by atoms with Gasteiger partial charge in [-0.15, -0.1) is 0 Å². The molecular formula is C16H17ClFN3O3S. The molecule has 1 aromatic heterocycles. The van der Waals surface area contributed by atoms with Crippen LogP contribution in [0, 0.1) is 17.7 Å². The number of aromatic nitrogens is 3. The fourth-order valence-electron chi connectivity index (χ4n) is 3.05. The van der Waals surface area contributed by atoms with E-state index in [1.807, 2.05) is 6.92 Å². The molecule has 0 amide bonds. The first kappa shape index (κ1) is 18.2. The summed E-state index contributed by atoms with van der Waals surface area (Å²) in [6.45, 7) is 1.77. The molecule has 1 aromatic carbocycles. The zero-order valence-electron chi connectivity index (χ0n) is 13.4. The summed E-state index contributed by atoms with van der Waals surface area (Å²) in [6.07, 6.45) is 3.14. The van der Waals surface area contributed by atoms with Gasteiger partial charge < -0.3 is 10.2 Å². The summed E-state index contributed by atoms with van der Waals surface area (Å²) in [7, 11) is 0. The minimum atomic E-state index is -1.56. The molecule has 3 rings (SSSR count). The lowest BCUT2D eigenvalue weighted by atomic mass is 9.79. The first-order chi connectivity index (χ1) is 11.8. The first-order valence-electron chi connectivity index (χ1n) is 7.77. The number of nitrogens with zero attached hydrogens (tertiary/aromatic N) is 3. The highest BCUT2D eigenvalue weighted by atomic mass is 35.5. The van der Waals surface area contributed by atoms with Crippen LogP contribution >= 0.6 is 23.4 Å². The van der Waals surface area contributed by atoms with Crippen molar-refractivity contribution in [1.29, 1.82) is 0 Å². The van der Waals surface area contributed by atoms with E-state index in [0.29, 0.717) is 11.8 Å². The molecule has 134 valence electrons. The van der Waals surface area contributed by atoms with Crippen molar-refractivity contribution in [3.05, 3.63) is 40.9 Å². The van der Waals surface area contributed by atoms with Crippen molar-refractivity contribution in [2.75, 3.05) is 0 Å². The molecule has 2 aromatic rings. The van der Waals surface area contributed by atoms with Crippen molar-refractivity contribution in [2.45, 2.75) is 37.1 Å². The Kier molecular flexibility index (Phi) is 5.04. The standard InChI is InChI=1S/C16H17ClFN3O3S/c1-9(10-2-3-10)16(24,12-5-4-11(17)6-13(12)18)7-21-14(19-8-20-21)25-15(22)23/h4-6,8-10,24H,2-3,7H2,1H3,(H,22,23). The normalized spacial score (nSPS) is 17.9. The van der Waals surface area contributed by atoms with E-state index in [0.717, 1.165) is 18.9 Å². The molecule has 0 aliphatic heterocycles. The van der Waals surface area contributed by atoms with E-state index in [9.17, 15) is 14.3 Å². The van der Waals surface area contributed by atoms with Gasteiger partial charge >= 0.3 is 5.30 Å². The molecule has 2 N–H and O–H groups in total. The number of halogens is 2. The average Bonchev–Trinajstić information content (AvgIpc) is 3.29. The number of hydrogen-bond donors (Lipinski definition) is 2. The Balaban J connectivity index is 2.00. The lowest BCUT2D eigenvalue weighted by Crippen LogP contribution is -2.40. The van der Waals surface area contributed by atoms with Crippen molar-refractivity contribution in [1.82, 2.24) is 14.8 Å². The molecule has 0 saturated heterocycles. The molecule has 1 fully saturated rings. The van der Waals surface area contributed by atoms with Gasteiger partial charge in [0.05, 0.1) is 6.54 Å². The SMILES string of the molecule is CC(C1CC1)C(O)(Cn1ncnc1SC(=O)O)c1ccc(Cl)cc1F. The smallest absolute Gasteiger partial charge is 0.372 e. The molecule has 1 aliphatic carbocycles. The van der Waals surface area contributed by atoms with Crippen molar-refractivity contribution < 1.29 is 19.4 Å². The number of aliphatic hydroxyl groups is 1. The lowest BCUT2D eigenvalue weighted by Gasteiger charge is -2.35. The zero-order valence-corrected chi connectivity index (χ0v) is 15.0. The van der Waals surface area contributed by atoms with Gasteiger partial charge in [0, 0.05) is 22.3 Å². The fourth-order valence-corrected chi connectivity index (χ4v) is 3.68. The van der Waals surface area contributed by atoms with Crippen molar-refractivity contribution in [3.63, 3.8) is 0 Å². The maximum Gasteiger partial charge on any atom is 0.372 e. The van der Waals surface area contributed by atoms with Gasteiger partial charge in [-0.3, -0.25) is 0 Å². The van der Waals surface area contributed by atoms with E-state index >= 15 is 0 Å². The van der Waals surface area contributed by atoms with Crippen LogP contribution in [0.15, 0.2) is 29.7 Å². The molecule has 1 aliphatic rings. The molecule has 0 radical (unpaired) electrons. The van der Waals surface area contributed by atoms with Crippen LogP contribution in [0.4, 0.5) is 9.18 Å². The van der Waals surface area contributed by atoms with Crippen LogP contribution in [0.5, 0.6) is 0 Å². The molecule has 0 spiro atoms. The first-order valence-corrected chi connectivity index (χ1v) is 8.97. The molecular weight excluding hydrogens is 369 g/mol. The number of benzene rings is 1. The minimum absolute atomic E-state index is 0.0984. The summed E-state index contributed by atoms with van der Waals surface area (Å²) >= 11 is 6.32. The highest BCUT2D eigenvalue weighted by Crippen LogP contribution is 2.47. The Morgan fingerprint density at radius 2 is 2.28 bits per heavy atom. The second-order valence-corrected chi connectivity index (χ2v) is 7.60. The summed E-state index contributed by atoms with van der Waals surface area (Å²) in [5.74, 6) is -0.565. The van der Waals surface area contributed by atoms with Crippen LogP contribution in [0.2, 0.25) is 5.02 Å². The van der Waals surface area contributed by atoms with Gasteiger partial charge in [-0.25, -0.2) is 18.9 Å². The fraction of sp³-hybridized carbons (Fsp3) is 0.438. The summed E-state index contributed by atoms with van der Waals surface area (Å²) in [5.41, 5.74) is -1.43. The summed E-state index contributed by atoms with van der Waals surface area (Å²) < 4.78 is 15.8.